The number of carbonyl (C=O) groups excluding carboxylic acids is 1. The molecule has 4 nitrogen and oxygen atoms in total. The van der Waals surface area contributed by atoms with E-state index in [1.54, 1.807) is 6.92 Å². The Hall–Kier alpha value is -1.55. The van der Waals surface area contributed by atoms with Crippen molar-refractivity contribution in [1.82, 2.24) is 4.90 Å². The average Bonchev–Trinajstić information content (AvgIpc) is 2.96. The molecule has 1 N–H and O–H groups in total. The minimum atomic E-state index is -0.512. The van der Waals surface area contributed by atoms with Gasteiger partial charge in [-0.1, -0.05) is 26.0 Å². The smallest absolute Gasteiger partial charge is 0.263 e. The Morgan fingerprint density at radius 2 is 2.00 bits per heavy atom. The highest BCUT2D eigenvalue weighted by molar-refractivity contribution is 5.81. The van der Waals surface area contributed by atoms with Gasteiger partial charge in [-0.3, -0.25) is 4.79 Å². The molecular weight excluding hydrogens is 290 g/mol. The highest BCUT2D eigenvalue weighted by Crippen LogP contribution is 2.29. The van der Waals surface area contributed by atoms with E-state index in [1.165, 1.54) is 0 Å². The maximum atomic E-state index is 12.6. The van der Waals surface area contributed by atoms with Gasteiger partial charge in [-0.25, -0.2) is 0 Å². The summed E-state index contributed by atoms with van der Waals surface area (Å²) < 4.78 is 6.00. The van der Waals surface area contributed by atoms with Crippen LogP contribution in [0.5, 0.6) is 5.75 Å². The Balaban J connectivity index is 2.06. The molecule has 1 saturated heterocycles. The first kappa shape index (κ1) is 17.8. The maximum absolute atomic E-state index is 12.6. The summed E-state index contributed by atoms with van der Waals surface area (Å²) in [5.74, 6) is 1.33. The van der Waals surface area contributed by atoms with Crippen molar-refractivity contribution >= 4 is 5.91 Å². The summed E-state index contributed by atoms with van der Waals surface area (Å²) in [5.41, 5.74) is 2.25. The van der Waals surface area contributed by atoms with E-state index < -0.39 is 6.10 Å². The molecule has 0 aromatic heterocycles. The van der Waals surface area contributed by atoms with Crippen molar-refractivity contribution in [3.63, 3.8) is 0 Å². The van der Waals surface area contributed by atoms with Gasteiger partial charge in [0.25, 0.3) is 5.91 Å². The van der Waals surface area contributed by atoms with Gasteiger partial charge in [-0.05, 0) is 50.3 Å². The highest BCUT2D eigenvalue weighted by atomic mass is 16.5. The molecule has 3 atom stereocenters. The molecule has 1 heterocycles. The Morgan fingerprint density at radius 1 is 1.30 bits per heavy atom. The molecule has 2 rings (SSSR count). The van der Waals surface area contributed by atoms with Crippen molar-refractivity contribution in [1.29, 1.82) is 0 Å². The molecule has 0 saturated carbocycles. The third-order valence-corrected chi connectivity index (χ3v) is 4.66. The lowest BCUT2D eigenvalue weighted by Crippen LogP contribution is -2.39. The van der Waals surface area contributed by atoms with Gasteiger partial charge in [-0.15, -0.1) is 0 Å². The summed E-state index contributed by atoms with van der Waals surface area (Å²) in [4.78, 5) is 14.4. The van der Waals surface area contributed by atoms with E-state index in [4.69, 9.17) is 4.74 Å². The Bertz CT molecular complexity index is 554. The first-order valence-corrected chi connectivity index (χ1v) is 8.53. The van der Waals surface area contributed by atoms with Crippen LogP contribution in [0.1, 0.15) is 51.2 Å². The average molecular weight is 319 g/mol. The van der Waals surface area contributed by atoms with E-state index >= 15 is 0 Å². The number of carbonyl (C=O) groups is 1. The van der Waals surface area contributed by atoms with Gasteiger partial charge in [0.2, 0.25) is 0 Å². The molecule has 1 aliphatic heterocycles. The van der Waals surface area contributed by atoms with Crippen LogP contribution in [0.15, 0.2) is 18.2 Å². The van der Waals surface area contributed by atoms with Crippen molar-refractivity contribution in [2.75, 3.05) is 13.1 Å². The van der Waals surface area contributed by atoms with E-state index in [9.17, 15) is 9.90 Å². The van der Waals surface area contributed by atoms with Crippen LogP contribution >= 0.6 is 0 Å². The van der Waals surface area contributed by atoms with Gasteiger partial charge in [0.05, 0.1) is 6.10 Å². The molecular formula is C19H29NO3. The molecule has 0 radical (unpaired) electrons. The fourth-order valence-electron chi connectivity index (χ4n) is 3.10. The van der Waals surface area contributed by atoms with Crippen LogP contribution in [0.25, 0.3) is 0 Å². The number of aliphatic hydroxyl groups excluding tert-OH is 1. The van der Waals surface area contributed by atoms with Crippen LogP contribution in [0.3, 0.4) is 0 Å². The lowest BCUT2D eigenvalue weighted by Gasteiger charge is -2.24. The fourth-order valence-corrected chi connectivity index (χ4v) is 3.10. The molecule has 1 amide bonds. The fraction of sp³-hybridized carbons (Fsp3) is 0.632. The SMILES string of the molecule is Cc1ccc(C(C)C)c(OC(C)C(=O)N2CCC(C(C)O)C2)c1. The number of amides is 1. The normalized spacial score (nSPS) is 20.7. The van der Waals surface area contributed by atoms with Crippen molar-refractivity contribution < 1.29 is 14.6 Å². The van der Waals surface area contributed by atoms with Gasteiger partial charge < -0.3 is 14.7 Å². The highest BCUT2D eigenvalue weighted by Gasteiger charge is 2.32. The topological polar surface area (TPSA) is 49.8 Å². The van der Waals surface area contributed by atoms with Crippen LogP contribution in [-0.2, 0) is 4.79 Å². The molecule has 1 aromatic carbocycles. The van der Waals surface area contributed by atoms with Crippen molar-refractivity contribution in [3.05, 3.63) is 29.3 Å². The van der Waals surface area contributed by atoms with E-state index in [2.05, 4.69) is 26.0 Å². The number of ether oxygens (including phenoxy) is 1. The summed E-state index contributed by atoms with van der Waals surface area (Å²) in [6.45, 7) is 11.2. The molecule has 0 aliphatic carbocycles. The number of rotatable bonds is 5. The molecule has 3 unspecified atom stereocenters. The predicted octanol–water partition coefficient (Wildman–Crippen LogP) is 3.12. The van der Waals surface area contributed by atoms with Gasteiger partial charge >= 0.3 is 0 Å². The molecule has 4 heteroatoms. The third kappa shape index (κ3) is 4.25. The quantitative estimate of drug-likeness (QED) is 0.907. The second-order valence-corrected chi connectivity index (χ2v) is 7.03. The van der Waals surface area contributed by atoms with Crippen LogP contribution in [-0.4, -0.2) is 41.2 Å². The minimum absolute atomic E-state index is 0.00404. The minimum Gasteiger partial charge on any atom is -0.481 e. The van der Waals surface area contributed by atoms with Gasteiger partial charge in [-0.2, -0.15) is 0 Å². The standard InChI is InChI=1S/C19H29NO3/c1-12(2)17-7-6-13(3)10-18(17)23-15(5)19(22)20-9-8-16(11-20)14(4)21/h6-7,10,12,14-16,21H,8-9,11H2,1-5H3. The lowest BCUT2D eigenvalue weighted by atomic mass is 10.0. The largest absolute Gasteiger partial charge is 0.481 e. The Labute approximate surface area is 139 Å². The number of nitrogens with zero attached hydrogens (tertiary/aromatic N) is 1. The summed E-state index contributed by atoms with van der Waals surface area (Å²) in [6.07, 6.45) is -0.0203. The zero-order valence-electron chi connectivity index (χ0n) is 14.9. The van der Waals surface area contributed by atoms with Crippen LogP contribution < -0.4 is 4.74 Å². The van der Waals surface area contributed by atoms with Crippen LogP contribution in [0.4, 0.5) is 0 Å². The summed E-state index contributed by atoms with van der Waals surface area (Å²) >= 11 is 0. The summed E-state index contributed by atoms with van der Waals surface area (Å²) in [7, 11) is 0. The van der Waals surface area contributed by atoms with Crippen LogP contribution in [0.2, 0.25) is 0 Å². The van der Waals surface area contributed by atoms with Crippen molar-refractivity contribution in [2.24, 2.45) is 5.92 Å². The molecule has 23 heavy (non-hydrogen) atoms. The first-order chi connectivity index (χ1) is 10.8. The van der Waals surface area contributed by atoms with Gasteiger partial charge in [0, 0.05) is 19.0 Å². The lowest BCUT2D eigenvalue weighted by molar-refractivity contribution is -0.137. The number of aryl methyl sites for hydroxylation is 1. The molecule has 0 spiro atoms. The van der Waals surface area contributed by atoms with Crippen molar-refractivity contribution in [3.8, 4) is 5.75 Å². The maximum Gasteiger partial charge on any atom is 0.263 e. The predicted molar refractivity (Wildman–Crippen MR) is 91.7 cm³/mol. The number of likely N-dealkylation sites (tertiary alicyclic amines) is 1. The number of aliphatic hydroxyl groups is 1. The number of hydrogen-bond donors (Lipinski definition) is 1. The summed E-state index contributed by atoms with van der Waals surface area (Å²) in [6, 6.07) is 6.15. The van der Waals surface area contributed by atoms with E-state index in [0.717, 1.165) is 23.3 Å². The molecule has 1 aromatic rings. The van der Waals surface area contributed by atoms with Crippen molar-refractivity contribution in [2.45, 2.75) is 59.2 Å². The molecule has 0 bridgehead atoms. The second kappa shape index (κ2) is 7.35. The Kier molecular flexibility index (Phi) is 5.69. The Morgan fingerprint density at radius 3 is 2.57 bits per heavy atom. The number of benzene rings is 1. The first-order valence-electron chi connectivity index (χ1n) is 8.53. The monoisotopic (exact) mass is 319 g/mol. The van der Waals surface area contributed by atoms with E-state index in [0.29, 0.717) is 19.0 Å². The van der Waals surface area contributed by atoms with E-state index in [1.807, 2.05) is 24.8 Å². The molecule has 1 aliphatic rings. The van der Waals surface area contributed by atoms with E-state index in [-0.39, 0.29) is 17.9 Å². The van der Waals surface area contributed by atoms with Crippen LogP contribution in [0, 0.1) is 12.8 Å². The second-order valence-electron chi connectivity index (χ2n) is 7.03. The van der Waals surface area contributed by atoms with Gasteiger partial charge in [0.1, 0.15) is 5.75 Å². The third-order valence-electron chi connectivity index (χ3n) is 4.66. The molecule has 128 valence electrons. The number of hydrogen-bond acceptors (Lipinski definition) is 3. The zero-order chi connectivity index (χ0) is 17.1. The van der Waals surface area contributed by atoms with Gasteiger partial charge in [0.15, 0.2) is 6.10 Å². The molecule has 1 fully saturated rings. The zero-order valence-corrected chi connectivity index (χ0v) is 14.9. The summed E-state index contributed by atoms with van der Waals surface area (Å²) in [5, 5.41) is 9.68.